The Labute approximate surface area is 150 Å². The molecule has 1 aromatic carbocycles. The number of nitrogens with two attached hydrogens (primary N) is 1. The molecule has 0 aromatic heterocycles. The second-order valence-electron chi connectivity index (χ2n) is 7.34. The molecule has 1 rings (SSSR count). The monoisotopic (exact) mass is 349 g/mol. The molecule has 0 aliphatic rings. The van der Waals surface area contributed by atoms with Gasteiger partial charge in [0.1, 0.15) is 11.1 Å². The minimum atomic E-state index is -1.25. The molecule has 0 aliphatic carbocycles. The van der Waals surface area contributed by atoms with Gasteiger partial charge in [0.25, 0.3) is 0 Å². The number of rotatable bonds is 7. The lowest BCUT2D eigenvalue weighted by Gasteiger charge is -2.31. The summed E-state index contributed by atoms with van der Waals surface area (Å²) in [5.74, 6) is -0.278. The van der Waals surface area contributed by atoms with Crippen molar-refractivity contribution in [3.63, 3.8) is 0 Å². The predicted octanol–water partition coefficient (Wildman–Crippen LogP) is 3.32. The maximum absolute atomic E-state index is 12.8. The lowest BCUT2D eigenvalue weighted by Crippen LogP contribution is -2.55. The molecule has 6 nitrogen and oxygen atoms in total. The second kappa shape index (κ2) is 8.74. The summed E-state index contributed by atoms with van der Waals surface area (Å²) in [4.78, 5) is 25.1. The Kier molecular flexibility index (Phi) is 7.27. The van der Waals surface area contributed by atoms with E-state index in [1.807, 2.05) is 0 Å². The highest BCUT2D eigenvalue weighted by atomic mass is 16.6. The molecule has 0 fully saturated rings. The maximum Gasteiger partial charge on any atom is 0.408 e. The Morgan fingerprint density at radius 1 is 1.08 bits per heavy atom. The average Bonchev–Trinajstić information content (AvgIpc) is 2.49. The summed E-state index contributed by atoms with van der Waals surface area (Å²) >= 11 is 0. The lowest BCUT2D eigenvalue weighted by atomic mass is 9.90. The Morgan fingerprint density at radius 2 is 1.68 bits per heavy atom. The van der Waals surface area contributed by atoms with Gasteiger partial charge in [-0.1, -0.05) is 31.9 Å². The first-order chi connectivity index (χ1) is 11.6. The number of amides is 2. The summed E-state index contributed by atoms with van der Waals surface area (Å²) in [5.41, 5.74) is 5.06. The van der Waals surface area contributed by atoms with Crippen LogP contribution in [-0.4, -0.2) is 24.1 Å². The van der Waals surface area contributed by atoms with E-state index in [9.17, 15) is 9.59 Å². The fourth-order valence-electron chi connectivity index (χ4n) is 2.34. The highest BCUT2D eigenvalue weighted by molar-refractivity contribution is 5.90. The van der Waals surface area contributed by atoms with E-state index in [0.717, 1.165) is 19.3 Å². The van der Waals surface area contributed by atoms with Gasteiger partial charge in [-0.2, -0.15) is 0 Å². The third kappa shape index (κ3) is 6.64. The van der Waals surface area contributed by atoms with Gasteiger partial charge in [-0.25, -0.2) is 4.79 Å². The third-order valence-electron chi connectivity index (χ3n) is 3.76. The minimum Gasteiger partial charge on any atom is -0.444 e. The number of hydrogen-bond acceptors (Lipinski definition) is 4. The Hall–Kier alpha value is -2.24. The highest BCUT2D eigenvalue weighted by Crippen LogP contribution is 2.23. The van der Waals surface area contributed by atoms with E-state index < -0.39 is 17.2 Å². The van der Waals surface area contributed by atoms with Crippen molar-refractivity contribution in [2.24, 2.45) is 0 Å². The van der Waals surface area contributed by atoms with Crippen LogP contribution in [0, 0.1) is 0 Å². The number of alkyl carbamates (subject to hydrolysis) is 1. The summed E-state index contributed by atoms with van der Waals surface area (Å²) < 4.78 is 5.32. The molecule has 0 spiro atoms. The third-order valence-corrected chi connectivity index (χ3v) is 3.76. The molecule has 0 saturated heterocycles. The zero-order valence-electron chi connectivity index (χ0n) is 15.9. The number of nitrogen functional groups attached to an aromatic ring is 1. The highest BCUT2D eigenvalue weighted by Gasteiger charge is 2.38. The first-order valence-corrected chi connectivity index (χ1v) is 8.74. The molecular weight excluding hydrogens is 318 g/mol. The first-order valence-electron chi connectivity index (χ1n) is 8.74. The molecule has 0 heterocycles. The number of carbonyl (C=O) groups is 2. The summed E-state index contributed by atoms with van der Waals surface area (Å²) in [7, 11) is 0. The molecule has 6 heteroatoms. The van der Waals surface area contributed by atoms with Crippen molar-refractivity contribution in [3.8, 4) is 0 Å². The Balaban J connectivity index is 2.98. The van der Waals surface area contributed by atoms with Crippen LogP contribution in [0.2, 0.25) is 0 Å². The molecule has 1 aromatic rings. The predicted molar refractivity (Wildman–Crippen MR) is 100 cm³/mol. The largest absolute Gasteiger partial charge is 0.444 e. The standard InChI is InChI=1S/C19H31N3O3/c1-6-7-8-13-21-16(23)19(5,14-9-11-15(20)12-10-14)22-17(24)25-18(2,3)4/h9-12H,6-8,13,20H2,1-5H3,(H,21,23)(H,22,24). The zero-order chi connectivity index (χ0) is 19.1. The van der Waals surface area contributed by atoms with E-state index in [1.54, 1.807) is 52.0 Å². The van der Waals surface area contributed by atoms with Crippen LogP contribution in [0.4, 0.5) is 10.5 Å². The van der Waals surface area contributed by atoms with Gasteiger partial charge in [0.2, 0.25) is 5.91 Å². The normalized spacial score (nSPS) is 13.6. The Morgan fingerprint density at radius 3 is 2.20 bits per heavy atom. The molecule has 140 valence electrons. The molecule has 1 unspecified atom stereocenters. The second-order valence-corrected chi connectivity index (χ2v) is 7.34. The van der Waals surface area contributed by atoms with E-state index >= 15 is 0 Å². The topological polar surface area (TPSA) is 93.5 Å². The molecule has 0 saturated carbocycles. The van der Waals surface area contributed by atoms with Crippen LogP contribution in [0.15, 0.2) is 24.3 Å². The summed E-state index contributed by atoms with van der Waals surface area (Å²) in [5, 5.41) is 5.61. The number of benzene rings is 1. The van der Waals surface area contributed by atoms with Crippen molar-refractivity contribution in [3.05, 3.63) is 29.8 Å². The van der Waals surface area contributed by atoms with Crippen LogP contribution in [0.1, 0.15) is 59.4 Å². The quantitative estimate of drug-likeness (QED) is 0.520. The molecule has 1 atom stereocenters. The fourth-order valence-corrected chi connectivity index (χ4v) is 2.34. The van der Waals surface area contributed by atoms with Crippen LogP contribution in [0.3, 0.4) is 0 Å². The molecule has 0 radical (unpaired) electrons. The van der Waals surface area contributed by atoms with Gasteiger partial charge in [-0.3, -0.25) is 4.79 Å². The molecular formula is C19H31N3O3. The van der Waals surface area contributed by atoms with Gasteiger partial charge >= 0.3 is 6.09 Å². The number of hydrogen-bond donors (Lipinski definition) is 3. The van der Waals surface area contributed by atoms with Crippen molar-refractivity contribution in [1.29, 1.82) is 0 Å². The van der Waals surface area contributed by atoms with Gasteiger partial charge in [-0.15, -0.1) is 0 Å². The minimum absolute atomic E-state index is 0.278. The van der Waals surface area contributed by atoms with E-state index in [0.29, 0.717) is 17.8 Å². The van der Waals surface area contributed by atoms with Crippen molar-refractivity contribution in [2.75, 3.05) is 12.3 Å². The summed E-state index contributed by atoms with van der Waals surface area (Å²) in [6, 6.07) is 6.88. The van der Waals surface area contributed by atoms with E-state index in [4.69, 9.17) is 10.5 Å². The molecule has 0 bridgehead atoms. The van der Waals surface area contributed by atoms with Gasteiger partial charge in [0.05, 0.1) is 0 Å². The van der Waals surface area contributed by atoms with Gasteiger partial charge in [0, 0.05) is 12.2 Å². The number of nitrogens with one attached hydrogen (secondary N) is 2. The lowest BCUT2D eigenvalue weighted by molar-refractivity contribution is -0.127. The van der Waals surface area contributed by atoms with E-state index in [1.165, 1.54) is 0 Å². The maximum atomic E-state index is 12.8. The first kappa shape index (κ1) is 20.8. The van der Waals surface area contributed by atoms with Crippen molar-refractivity contribution >= 4 is 17.7 Å². The van der Waals surface area contributed by atoms with Gasteiger partial charge < -0.3 is 21.1 Å². The van der Waals surface area contributed by atoms with Gasteiger partial charge in [0.15, 0.2) is 0 Å². The van der Waals surface area contributed by atoms with Crippen LogP contribution in [0.5, 0.6) is 0 Å². The van der Waals surface area contributed by atoms with E-state index in [-0.39, 0.29) is 5.91 Å². The summed E-state index contributed by atoms with van der Waals surface area (Å²) in [6.45, 7) is 9.66. The van der Waals surface area contributed by atoms with Crippen molar-refractivity contribution in [2.45, 2.75) is 65.0 Å². The van der Waals surface area contributed by atoms with Crippen molar-refractivity contribution < 1.29 is 14.3 Å². The van der Waals surface area contributed by atoms with Crippen molar-refractivity contribution in [1.82, 2.24) is 10.6 Å². The Bertz CT molecular complexity index is 579. The zero-order valence-corrected chi connectivity index (χ0v) is 15.9. The number of ether oxygens (including phenoxy) is 1. The smallest absolute Gasteiger partial charge is 0.408 e. The number of anilines is 1. The molecule has 25 heavy (non-hydrogen) atoms. The molecule has 0 aliphatic heterocycles. The van der Waals surface area contributed by atoms with Gasteiger partial charge in [-0.05, 0) is 51.8 Å². The number of unbranched alkanes of at least 4 members (excludes halogenated alkanes) is 2. The van der Waals surface area contributed by atoms with E-state index in [2.05, 4.69) is 17.6 Å². The van der Waals surface area contributed by atoms with Crippen LogP contribution >= 0.6 is 0 Å². The van der Waals surface area contributed by atoms with Crippen LogP contribution < -0.4 is 16.4 Å². The average molecular weight is 349 g/mol. The van der Waals surface area contributed by atoms with Crippen LogP contribution in [-0.2, 0) is 15.1 Å². The number of carbonyl (C=O) groups excluding carboxylic acids is 2. The summed E-state index contributed by atoms with van der Waals surface area (Å²) in [6.07, 6.45) is 2.36. The SMILES string of the molecule is CCCCCNC(=O)C(C)(NC(=O)OC(C)(C)C)c1ccc(N)cc1. The fraction of sp³-hybridized carbons (Fsp3) is 0.579. The van der Waals surface area contributed by atoms with Crippen LogP contribution in [0.25, 0.3) is 0 Å². The molecule has 4 N–H and O–H groups in total. The molecule has 2 amide bonds.